The zero-order valence-corrected chi connectivity index (χ0v) is 9.57. The van der Waals surface area contributed by atoms with E-state index in [-0.39, 0.29) is 0 Å². The molecule has 0 aromatic carbocycles. The summed E-state index contributed by atoms with van der Waals surface area (Å²) >= 11 is 3.92. The van der Waals surface area contributed by atoms with Crippen LogP contribution in [0.1, 0.15) is 34.1 Å². The summed E-state index contributed by atoms with van der Waals surface area (Å²) in [4.78, 5) is 0.325. The molecule has 0 aromatic rings. The van der Waals surface area contributed by atoms with Crippen molar-refractivity contribution in [1.29, 1.82) is 0 Å². The molecule has 3 heteroatoms. The van der Waals surface area contributed by atoms with Crippen LogP contribution >= 0.6 is 23.5 Å². The van der Waals surface area contributed by atoms with Gasteiger partial charge in [-0.15, -0.1) is 23.5 Å². The number of hydrogen-bond donors (Lipinski definition) is 1. The summed E-state index contributed by atoms with van der Waals surface area (Å²) in [5.74, 6) is 1.11. The average Bonchev–Trinajstić information content (AvgIpc) is 1.88. The highest BCUT2D eigenvalue weighted by atomic mass is 32.2. The maximum Gasteiger partial charge on any atom is 0.0602 e. The zero-order chi connectivity index (χ0) is 8.74. The third-order valence-corrected chi connectivity index (χ3v) is 3.46. The van der Waals surface area contributed by atoms with Gasteiger partial charge in [0.15, 0.2) is 0 Å². The second-order valence-electron chi connectivity index (χ2n) is 3.00. The highest BCUT2D eigenvalue weighted by molar-refractivity contribution is 8.17. The van der Waals surface area contributed by atoms with Gasteiger partial charge in [0.2, 0.25) is 0 Å². The molecule has 1 aliphatic heterocycles. The summed E-state index contributed by atoms with van der Waals surface area (Å²) in [6.45, 7) is 8.69. The van der Waals surface area contributed by atoms with Gasteiger partial charge in [0.05, 0.1) is 4.87 Å². The molecule has 1 fully saturated rings. The van der Waals surface area contributed by atoms with Gasteiger partial charge >= 0.3 is 0 Å². The molecule has 0 bridgehead atoms. The largest absolute Gasteiger partial charge is 0.294 e. The van der Waals surface area contributed by atoms with Gasteiger partial charge in [0.25, 0.3) is 0 Å². The van der Waals surface area contributed by atoms with Gasteiger partial charge in [-0.1, -0.05) is 20.3 Å². The summed E-state index contributed by atoms with van der Waals surface area (Å²) in [7, 11) is 0. The van der Waals surface area contributed by atoms with E-state index in [0.29, 0.717) is 4.87 Å². The van der Waals surface area contributed by atoms with E-state index in [1.807, 2.05) is 23.5 Å². The van der Waals surface area contributed by atoms with Gasteiger partial charge in [-0.05, 0) is 13.8 Å². The van der Waals surface area contributed by atoms with Crippen molar-refractivity contribution in [2.75, 3.05) is 11.0 Å². The van der Waals surface area contributed by atoms with Crippen LogP contribution in [-0.4, -0.2) is 15.8 Å². The minimum absolute atomic E-state index is 0.325. The predicted octanol–water partition coefficient (Wildman–Crippen LogP) is 3.12. The van der Waals surface area contributed by atoms with E-state index in [4.69, 9.17) is 0 Å². The molecule has 1 nitrogen and oxygen atoms in total. The van der Waals surface area contributed by atoms with Crippen LogP contribution in [0.15, 0.2) is 0 Å². The van der Waals surface area contributed by atoms with Crippen molar-refractivity contribution in [2.24, 2.45) is 0 Å². The van der Waals surface area contributed by atoms with Crippen molar-refractivity contribution < 1.29 is 0 Å². The molecular weight excluding hydrogens is 174 g/mol. The van der Waals surface area contributed by atoms with Crippen molar-refractivity contribution in [3.8, 4) is 0 Å². The van der Waals surface area contributed by atoms with Gasteiger partial charge in [-0.2, -0.15) is 0 Å². The molecule has 1 aliphatic rings. The monoisotopic (exact) mass is 193 g/mol. The Morgan fingerprint density at radius 1 is 1.36 bits per heavy atom. The molecule has 0 atom stereocenters. The highest BCUT2D eigenvalue weighted by Gasteiger charge is 2.19. The lowest BCUT2D eigenvalue weighted by Crippen LogP contribution is -2.38. The Bertz CT molecular complexity index is 86.1. The second kappa shape index (κ2) is 6.21. The average molecular weight is 193 g/mol. The topological polar surface area (TPSA) is 12.0 Å². The maximum atomic E-state index is 3.38. The van der Waals surface area contributed by atoms with Crippen LogP contribution in [0.4, 0.5) is 0 Å². The van der Waals surface area contributed by atoms with Crippen LogP contribution < -0.4 is 5.32 Å². The molecule has 1 heterocycles. The minimum Gasteiger partial charge on any atom is -0.294 e. The predicted molar refractivity (Wildman–Crippen MR) is 58.1 cm³/mol. The van der Waals surface area contributed by atoms with Crippen molar-refractivity contribution in [3.05, 3.63) is 0 Å². The third kappa shape index (κ3) is 7.04. The molecule has 0 amide bonds. The molecule has 11 heavy (non-hydrogen) atoms. The number of nitrogens with one attached hydrogen (secondary N) is 1. The van der Waals surface area contributed by atoms with Gasteiger partial charge in [0.1, 0.15) is 0 Å². The standard InChI is InChI=1S/C5H11NS2.C3H8/c1-5(2)6-3-7-4-8-5;1-3-2/h6H,3-4H2,1-2H3;3H2,1-2H3. The first-order chi connectivity index (χ1) is 5.12. The van der Waals surface area contributed by atoms with Crippen molar-refractivity contribution in [1.82, 2.24) is 5.32 Å². The summed E-state index contributed by atoms with van der Waals surface area (Å²) in [5.41, 5.74) is 0. The van der Waals surface area contributed by atoms with Crippen LogP contribution in [0.3, 0.4) is 0 Å². The van der Waals surface area contributed by atoms with Gasteiger partial charge in [-0.25, -0.2) is 0 Å². The van der Waals surface area contributed by atoms with E-state index >= 15 is 0 Å². The first-order valence-electron chi connectivity index (χ1n) is 4.09. The lowest BCUT2D eigenvalue weighted by atomic mass is 10.4. The molecule has 0 radical (unpaired) electrons. The first-order valence-corrected chi connectivity index (χ1v) is 6.23. The Kier molecular flexibility index (Phi) is 6.58. The molecular formula is C8H19NS2. The molecule has 68 valence electrons. The molecule has 1 saturated heterocycles. The third-order valence-electron chi connectivity index (χ3n) is 1.10. The first kappa shape index (κ1) is 11.7. The molecule has 1 rings (SSSR count). The Morgan fingerprint density at radius 2 is 1.91 bits per heavy atom. The Labute approximate surface area is 79.1 Å². The van der Waals surface area contributed by atoms with Crippen LogP contribution in [0, 0.1) is 0 Å². The summed E-state index contributed by atoms with van der Waals surface area (Å²) in [6, 6.07) is 0. The molecule has 0 spiro atoms. The smallest absolute Gasteiger partial charge is 0.0602 e. The SMILES string of the molecule is CC1(C)NCSCS1.CCC. The molecule has 0 saturated carbocycles. The van der Waals surface area contributed by atoms with Crippen LogP contribution in [0.25, 0.3) is 0 Å². The quantitative estimate of drug-likeness (QED) is 0.635. The Morgan fingerprint density at radius 3 is 2.09 bits per heavy atom. The lowest BCUT2D eigenvalue weighted by Gasteiger charge is -2.29. The number of rotatable bonds is 0. The summed E-state index contributed by atoms with van der Waals surface area (Å²) < 4.78 is 0. The van der Waals surface area contributed by atoms with E-state index in [9.17, 15) is 0 Å². The number of hydrogen-bond acceptors (Lipinski definition) is 3. The van der Waals surface area contributed by atoms with E-state index in [2.05, 4.69) is 33.0 Å². The second-order valence-corrected chi connectivity index (χ2v) is 5.95. The highest BCUT2D eigenvalue weighted by Crippen LogP contribution is 2.29. The van der Waals surface area contributed by atoms with Gasteiger partial charge in [-0.3, -0.25) is 5.32 Å². The van der Waals surface area contributed by atoms with Crippen molar-refractivity contribution in [2.45, 2.75) is 39.0 Å². The molecule has 0 unspecified atom stereocenters. The van der Waals surface area contributed by atoms with Crippen LogP contribution in [0.5, 0.6) is 0 Å². The fraction of sp³-hybridized carbons (Fsp3) is 1.00. The van der Waals surface area contributed by atoms with E-state index < -0.39 is 0 Å². The van der Waals surface area contributed by atoms with E-state index in [1.54, 1.807) is 0 Å². The maximum absolute atomic E-state index is 3.38. The van der Waals surface area contributed by atoms with E-state index in [0.717, 1.165) is 5.88 Å². The fourth-order valence-electron chi connectivity index (χ4n) is 0.507. The molecule has 0 aliphatic carbocycles. The summed E-state index contributed by atoms with van der Waals surface area (Å²) in [5, 5.41) is 4.62. The molecule has 1 N–H and O–H groups in total. The fourth-order valence-corrected chi connectivity index (χ4v) is 3.08. The van der Waals surface area contributed by atoms with Crippen LogP contribution in [0.2, 0.25) is 0 Å². The Balaban J connectivity index is 0.000000292. The lowest BCUT2D eigenvalue weighted by molar-refractivity contribution is 0.595. The zero-order valence-electron chi connectivity index (χ0n) is 7.94. The van der Waals surface area contributed by atoms with E-state index in [1.165, 1.54) is 11.5 Å². The normalized spacial score (nSPS) is 21.8. The van der Waals surface area contributed by atoms with Gasteiger partial charge in [0, 0.05) is 11.0 Å². The number of thioether (sulfide) groups is 2. The van der Waals surface area contributed by atoms with Crippen LogP contribution in [-0.2, 0) is 0 Å². The Hall–Kier alpha value is 0.660. The summed E-state index contributed by atoms with van der Waals surface area (Å²) in [6.07, 6.45) is 1.25. The molecule has 0 aromatic heterocycles. The minimum atomic E-state index is 0.325. The van der Waals surface area contributed by atoms with Crippen molar-refractivity contribution >= 4 is 23.5 Å². The van der Waals surface area contributed by atoms with Gasteiger partial charge < -0.3 is 0 Å². The van der Waals surface area contributed by atoms with Crippen molar-refractivity contribution in [3.63, 3.8) is 0 Å².